The highest BCUT2D eigenvalue weighted by molar-refractivity contribution is 5.91. The van der Waals surface area contributed by atoms with Crippen LogP contribution in [0.5, 0.6) is 0 Å². The molecule has 82 valence electrons. The highest BCUT2D eigenvalue weighted by Crippen LogP contribution is 2.11. The van der Waals surface area contributed by atoms with Crippen molar-refractivity contribution in [2.45, 2.75) is 19.9 Å². The Bertz CT molecular complexity index is 361. The van der Waals surface area contributed by atoms with Crippen LogP contribution in [0.3, 0.4) is 0 Å². The van der Waals surface area contributed by atoms with Crippen molar-refractivity contribution in [3.8, 4) is 0 Å². The molecule has 1 aromatic rings. The van der Waals surface area contributed by atoms with Crippen LogP contribution in [0, 0.1) is 6.92 Å². The molecule has 0 bridgehead atoms. The first-order valence-corrected chi connectivity index (χ1v) is 5.13. The van der Waals surface area contributed by atoms with Gasteiger partial charge < -0.3 is 14.7 Å². The zero-order chi connectivity index (χ0) is 10.8. The van der Waals surface area contributed by atoms with Crippen molar-refractivity contribution in [3.05, 3.63) is 17.5 Å². The Kier molecular flexibility index (Phi) is 2.73. The van der Waals surface area contributed by atoms with Gasteiger partial charge in [-0.3, -0.25) is 4.79 Å². The van der Waals surface area contributed by atoms with Crippen molar-refractivity contribution >= 4 is 5.91 Å². The number of nitrogens with one attached hydrogen (secondary N) is 1. The molecule has 1 aliphatic rings. The highest BCUT2D eigenvalue weighted by Gasteiger charge is 2.26. The summed E-state index contributed by atoms with van der Waals surface area (Å²) >= 11 is 0. The molecule has 0 spiro atoms. The van der Waals surface area contributed by atoms with Gasteiger partial charge in [0.05, 0.1) is 5.69 Å². The van der Waals surface area contributed by atoms with E-state index in [1.807, 2.05) is 18.7 Å². The maximum Gasteiger partial charge on any atom is 0.292 e. The number of amides is 1. The number of nitrogens with zero attached hydrogens (tertiary/aromatic N) is 2. The van der Waals surface area contributed by atoms with Gasteiger partial charge in [0.25, 0.3) is 5.91 Å². The van der Waals surface area contributed by atoms with E-state index >= 15 is 0 Å². The minimum absolute atomic E-state index is 0.0652. The van der Waals surface area contributed by atoms with Crippen LogP contribution in [-0.2, 0) is 0 Å². The largest absolute Gasteiger partial charge is 0.351 e. The lowest BCUT2D eigenvalue weighted by atomic mass is 10.2. The molecule has 1 saturated heterocycles. The van der Waals surface area contributed by atoms with E-state index in [1.165, 1.54) is 0 Å². The second kappa shape index (κ2) is 4.02. The summed E-state index contributed by atoms with van der Waals surface area (Å²) in [5, 5.41) is 6.96. The number of hydrogen-bond donors (Lipinski definition) is 1. The maximum atomic E-state index is 12.0. The topological polar surface area (TPSA) is 58.4 Å². The molecule has 0 aliphatic carbocycles. The number of aromatic nitrogens is 1. The number of piperazine rings is 1. The Balaban J connectivity index is 2.13. The smallest absolute Gasteiger partial charge is 0.292 e. The van der Waals surface area contributed by atoms with Crippen molar-refractivity contribution in [3.63, 3.8) is 0 Å². The lowest BCUT2D eigenvalue weighted by Crippen LogP contribution is -2.52. The summed E-state index contributed by atoms with van der Waals surface area (Å²) in [4.78, 5) is 13.8. The molecule has 2 rings (SSSR count). The van der Waals surface area contributed by atoms with Crippen molar-refractivity contribution in [2.75, 3.05) is 19.6 Å². The van der Waals surface area contributed by atoms with Crippen LogP contribution < -0.4 is 5.32 Å². The number of carbonyl (C=O) groups excluding carboxylic acids is 1. The van der Waals surface area contributed by atoms with Crippen LogP contribution in [0.1, 0.15) is 23.2 Å². The fourth-order valence-corrected chi connectivity index (χ4v) is 1.75. The van der Waals surface area contributed by atoms with Crippen LogP contribution in [0.15, 0.2) is 10.6 Å². The molecule has 15 heavy (non-hydrogen) atoms. The second-order valence-electron chi connectivity index (χ2n) is 3.88. The summed E-state index contributed by atoms with van der Waals surface area (Å²) in [5.74, 6) is 0.269. The monoisotopic (exact) mass is 209 g/mol. The quantitative estimate of drug-likeness (QED) is 0.728. The molecule has 5 heteroatoms. The van der Waals surface area contributed by atoms with Crippen LogP contribution >= 0.6 is 0 Å². The Hall–Kier alpha value is -1.36. The molecular formula is C10H15N3O2. The third-order valence-electron chi connectivity index (χ3n) is 2.60. The average Bonchev–Trinajstić information content (AvgIpc) is 2.65. The zero-order valence-electron chi connectivity index (χ0n) is 8.99. The predicted molar refractivity (Wildman–Crippen MR) is 54.6 cm³/mol. The first kappa shape index (κ1) is 10.2. The van der Waals surface area contributed by atoms with Gasteiger partial charge in [0.1, 0.15) is 0 Å². The summed E-state index contributed by atoms with van der Waals surface area (Å²) in [7, 11) is 0. The van der Waals surface area contributed by atoms with Gasteiger partial charge in [-0.25, -0.2) is 0 Å². The molecule has 1 N–H and O–H groups in total. The Morgan fingerprint density at radius 1 is 1.73 bits per heavy atom. The maximum absolute atomic E-state index is 12.0. The SMILES string of the molecule is Cc1cc(C(=O)N2CCNC[C@@H]2C)on1. The summed E-state index contributed by atoms with van der Waals surface area (Å²) in [6.07, 6.45) is 0. The summed E-state index contributed by atoms with van der Waals surface area (Å²) in [6, 6.07) is 1.88. The number of hydrogen-bond acceptors (Lipinski definition) is 4. The van der Waals surface area contributed by atoms with Crippen LogP contribution in [0.25, 0.3) is 0 Å². The molecule has 1 fully saturated rings. The fraction of sp³-hybridized carbons (Fsp3) is 0.600. The number of aryl methyl sites for hydroxylation is 1. The van der Waals surface area contributed by atoms with Gasteiger partial charge in [-0.15, -0.1) is 0 Å². The minimum Gasteiger partial charge on any atom is -0.351 e. The molecule has 2 heterocycles. The minimum atomic E-state index is -0.0652. The Morgan fingerprint density at radius 3 is 3.13 bits per heavy atom. The van der Waals surface area contributed by atoms with Crippen molar-refractivity contribution in [1.29, 1.82) is 0 Å². The Morgan fingerprint density at radius 2 is 2.53 bits per heavy atom. The van der Waals surface area contributed by atoms with Crippen molar-refractivity contribution in [2.24, 2.45) is 0 Å². The zero-order valence-corrected chi connectivity index (χ0v) is 8.99. The molecule has 0 saturated carbocycles. The van der Waals surface area contributed by atoms with E-state index in [4.69, 9.17) is 4.52 Å². The molecule has 0 radical (unpaired) electrons. The third kappa shape index (κ3) is 2.02. The predicted octanol–water partition coefficient (Wildman–Crippen LogP) is 0.417. The summed E-state index contributed by atoms with van der Waals surface area (Å²) in [5.41, 5.74) is 0.737. The second-order valence-corrected chi connectivity index (χ2v) is 3.88. The molecule has 1 amide bonds. The molecule has 0 aromatic carbocycles. The van der Waals surface area contributed by atoms with E-state index in [0.29, 0.717) is 5.76 Å². The van der Waals surface area contributed by atoms with E-state index in [2.05, 4.69) is 10.5 Å². The van der Waals surface area contributed by atoms with Gasteiger partial charge in [-0.2, -0.15) is 0 Å². The first-order valence-electron chi connectivity index (χ1n) is 5.13. The lowest BCUT2D eigenvalue weighted by Gasteiger charge is -2.33. The normalized spacial score (nSPS) is 21.7. The summed E-state index contributed by atoms with van der Waals surface area (Å²) < 4.78 is 4.97. The van der Waals surface area contributed by atoms with Crippen LogP contribution in [0.2, 0.25) is 0 Å². The first-order chi connectivity index (χ1) is 7.18. The molecular weight excluding hydrogens is 194 g/mol. The van der Waals surface area contributed by atoms with E-state index in [1.54, 1.807) is 6.07 Å². The summed E-state index contributed by atoms with van der Waals surface area (Å²) in [6.45, 7) is 6.22. The van der Waals surface area contributed by atoms with E-state index < -0.39 is 0 Å². The molecule has 0 unspecified atom stereocenters. The lowest BCUT2D eigenvalue weighted by molar-refractivity contribution is 0.0613. The van der Waals surface area contributed by atoms with Gasteiger partial charge >= 0.3 is 0 Å². The molecule has 1 aliphatic heterocycles. The van der Waals surface area contributed by atoms with E-state index in [0.717, 1.165) is 25.3 Å². The number of rotatable bonds is 1. The standard InChI is InChI=1S/C10H15N3O2/c1-7-5-9(15-12-7)10(14)13-4-3-11-6-8(13)2/h5,8,11H,3-4,6H2,1-2H3/t8-/m0/s1. The highest BCUT2D eigenvalue weighted by atomic mass is 16.5. The van der Waals surface area contributed by atoms with E-state index in [-0.39, 0.29) is 11.9 Å². The molecule has 5 nitrogen and oxygen atoms in total. The third-order valence-corrected chi connectivity index (χ3v) is 2.60. The van der Waals surface area contributed by atoms with Crippen LogP contribution in [-0.4, -0.2) is 41.6 Å². The van der Waals surface area contributed by atoms with Gasteiger partial charge in [-0.1, -0.05) is 5.16 Å². The fourth-order valence-electron chi connectivity index (χ4n) is 1.75. The number of carbonyl (C=O) groups is 1. The van der Waals surface area contributed by atoms with Gasteiger partial charge in [-0.05, 0) is 13.8 Å². The van der Waals surface area contributed by atoms with Gasteiger partial charge in [0, 0.05) is 31.7 Å². The van der Waals surface area contributed by atoms with Crippen molar-refractivity contribution < 1.29 is 9.32 Å². The molecule has 1 atom stereocenters. The van der Waals surface area contributed by atoms with E-state index in [9.17, 15) is 4.79 Å². The van der Waals surface area contributed by atoms with Crippen molar-refractivity contribution in [1.82, 2.24) is 15.4 Å². The van der Waals surface area contributed by atoms with Gasteiger partial charge in [0.2, 0.25) is 5.76 Å². The Labute approximate surface area is 88.4 Å². The van der Waals surface area contributed by atoms with Crippen LogP contribution in [0.4, 0.5) is 0 Å². The molecule has 1 aromatic heterocycles. The van der Waals surface area contributed by atoms with Gasteiger partial charge in [0.15, 0.2) is 0 Å². The average molecular weight is 209 g/mol.